The molecule has 0 radical (unpaired) electrons. The molecule has 2 N–H and O–H groups in total. The number of rotatable bonds is 7. The Morgan fingerprint density at radius 2 is 1.68 bits per heavy atom. The molecule has 8 nitrogen and oxygen atoms in total. The van der Waals surface area contributed by atoms with Crippen LogP contribution in [0.4, 0.5) is 11.4 Å². The first-order valence-electron chi connectivity index (χ1n) is 13.0. The summed E-state index contributed by atoms with van der Waals surface area (Å²) in [5.74, 6) is -1.25. The predicted molar refractivity (Wildman–Crippen MR) is 146 cm³/mol. The van der Waals surface area contributed by atoms with Crippen molar-refractivity contribution in [2.24, 2.45) is 16.7 Å². The summed E-state index contributed by atoms with van der Waals surface area (Å²) >= 11 is 0. The third-order valence-electron chi connectivity index (χ3n) is 8.79. The van der Waals surface area contributed by atoms with Gasteiger partial charge in [-0.3, -0.25) is 19.2 Å². The van der Waals surface area contributed by atoms with Gasteiger partial charge in [0.25, 0.3) is 5.91 Å². The second-order valence-electron chi connectivity index (χ2n) is 11.5. The monoisotopic (exact) mass is 514 g/mol. The molecule has 4 amide bonds. The fourth-order valence-electron chi connectivity index (χ4n) is 6.01. The van der Waals surface area contributed by atoms with Crippen molar-refractivity contribution in [3.8, 4) is 0 Å². The smallest absolute Gasteiger partial charge is 0.257 e. The summed E-state index contributed by atoms with van der Waals surface area (Å²) < 4.78 is 0. The Bertz CT molecular complexity index is 1420. The van der Waals surface area contributed by atoms with E-state index in [-0.39, 0.29) is 40.9 Å². The van der Waals surface area contributed by atoms with Crippen LogP contribution in [0.1, 0.15) is 46.6 Å². The van der Waals surface area contributed by atoms with Gasteiger partial charge in [-0.1, -0.05) is 45.9 Å². The zero-order valence-corrected chi connectivity index (χ0v) is 22.5. The van der Waals surface area contributed by atoms with Gasteiger partial charge in [0, 0.05) is 42.2 Å². The number of benzene rings is 2. The molecule has 1 atom stereocenters. The Labute approximate surface area is 222 Å². The number of anilines is 2. The molecule has 2 aliphatic rings. The van der Waals surface area contributed by atoms with Crippen molar-refractivity contribution >= 4 is 45.9 Å². The number of aromatic nitrogens is 1. The summed E-state index contributed by atoms with van der Waals surface area (Å²) in [7, 11) is 0. The molecule has 5 rings (SSSR count). The summed E-state index contributed by atoms with van der Waals surface area (Å²) in [5, 5.41) is 3.77. The van der Waals surface area contributed by atoms with E-state index in [2.05, 4.69) is 38.0 Å². The SMILES string of the molecule is CC(=O)Nc1ccc(N2C(=O)CC(N(CCc3c[nH]c4ccccc34)C(=O)C3C(C)(C)C3(C)C)C2=O)cc1. The number of nitrogens with zero attached hydrogens (tertiary/aromatic N) is 2. The van der Waals surface area contributed by atoms with E-state index in [0.717, 1.165) is 21.4 Å². The number of aromatic amines is 1. The van der Waals surface area contributed by atoms with Crippen LogP contribution in [0.25, 0.3) is 10.9 Å². The van der Waals surface area contributed by atoms with Gasteiger partial charge in [0.05, 0.1) is 12.1 Å². The first kappa shape index (κ1) is 25.7. The molecular formula is C30H34N4O4. The van der Waals surface area contributed by atoms with E-state index in [1.54, 1.807) is 29.2 Å². The van der Waals surface area contributed by atoms with Crippen molar-refractivity contribution in [1.29, 1.82) is 0 Å². The van der Waals surface area contributed by atoms with Crippen LogP contribution in [0.2, 0.25) is 0 Å². The van der Waals surface area contributed by atoms with Crippen LogP contribution < -0.4 is 10.2 Å². The highest BCUT2D eigenvalue weighted by Crippen LogP contribution is 2.69. The number of para-hydroxylation sites is 1. The van der Waals surface area contributed by atoms with Gasteiger partial charge in [0.1, 0.15) is 6.04 Å². The minimum absolute atomic E-state index is 0.0561. The second kappa shape index (κ2) is 9.11. The Morgan fingerprint density at radius 3 is 2.32 bits per heavy atom. The number of H-pyrrole nitrogens is 1. The van der Waals surface area contributed by atoms with Crippen LogP contribution in [0.3, 0.4) is 0 Å². The quantitative estimate of drug-likeness (QED) is 0.453. The number of amides is 4. The molecule has 1 aliphatic carbocycles. The molecule has 2 fully saturated rings. The molecule has 3 aromatic rings. The van der Waals surface area contributed by atoms with Crippen molar-refractivity contribution in [3.05, 3.63) is 60.3 Å². The standard InChI is InChI=1S/C30H34N4O4/c1-18(35)32-20-10-12-21(13-11-20)34-25(36)16-24(27(34)37)33(28(38)26-29(2,3)30(26,4)5)15-14-19-17-31-23-9-7-6-8-22(19)23/h6-13,17,24,26,31H,14-16H2,1-5H3,(H,32,35). The van der Waals surface area contributed by atoms with Gasteiger partial charge in [-0.05, 0) is 53.1 Å². The maximum absolute atomic E-state index is 14.0. The van der Waals surface area contributed by atoms with E-state index in [9.17, 15) is 19.2 Å². The highest BCUT2D eigenvalue weighted by atomic mass is 16.2. The van der Waals surface area contributed by atoms with E-state index in [4.69, 9.17) is 0 Å². The van der Waals surface area contributed by atoms with Gasteiger partial charge in [0.2, 0.25) is 17.7 Å². The fourth-order valence-corrected chi connectivity index (χ4v) is 6.01. The molecule has 1 unspecified atom stereocenters. The molecule has 1 aliphatic heterocycles. The number of carbonyl (C=O) groups is 4. The lowest BCUT2D eigenvalue weighted by Crippen LogP contribution is -2.47. The largest absolute Gasteiger partial charge is 0.361 e. The van der Waals surface area contributed by atoms with Crippen LogP contribution in [-0.4, -0.2) is 46.1 Å². The van der Waals surface area contributed by atoms with Gasteiger partial charge in [-0.15, -0.1) is 0 Å². The van der Waals surface area contributed by atoms with Crippen LogP contribution in [0.15, 0.2) is 54.7 Å². The predicted octanol–water partition coefficient (Wildman–Crippen LogP) is 4.51. The molecule has 2 aromatic carbocycles. The lowest BCUT2D eigenvalue weighted by Gasteiger charge is -2.29. The lowest BCUT2D eigenvalue weighted by molar-refractivity contribution is -0.140. The molecule has 1 saturated heterocycles. The molecule has 198 valence electrons. The molecule has 8 heteroatoms. The number of imide groups is 1. The van der Waals surface area contributed by atoms with E-state index >= 15 is 0 Å². The third-order valence-corrected chi connectivity index (χ3v) is 8.79. The van der Waals surface area contributed by atoms with E-state index in [1.165, 1.54) is 6.92 Å². The third kappa shape index (κ3) is 4.18. The highest BCUT2D eigenvalue weighted by Gasteiger charge is 2.69. The minimum Gasteiger partial charge on any atom is -0.361 e. The molecule has 1 aromatic heterocycles. The van der Waals surface area contributed by atoms with E-state index in [1.807, 2.05) is 30.5 Å². The summed E-state index contributed by atoms with van der Waals surface area (Å²) in [5.41, 5.74) is 2.68. The summed E-state index contributed by atoms with van der Waals surface area (Å²) in [4.78, 5) is 58.2. The van der Waals surface area contributed by atoms with Crippen molar-refractivity contribution in [1.82, 2.24) is 9.88 Å². The van der Waals surface area contributed by atoms with Crippen molar-refractivity contribution < 1.29 is 19.2 Å². The zero-order chi connectivity index (χ0) is 27.4. The number of carbonyl (C=O) groups excluding carboxylic acids is 4. The normalized spacial score (nSPS) is 20.1. The number of hydrogen-bond donors (Lipinski definition) is 2. The first-order chi connectivity index (χ1) is 17.9. The van der Waals surface area contributed by atoms with Gasteiger partial charge in [0.15, 0.2) is 0 Å². The van der Waals surface area contributed by atoms with Gasteiger partial charge in [-0.25, -0.2) is 4.90 Å². The van der Waals surface area contributed by atoms with E-state index < -0.39 is 11.9 Å². The molecule has 1 saturated carbocycles. The minimum atomic E-state index is -0.859. The lowest BCUT2D eigenvalue weighted by atomic mass is 10.0. The number of fused-ring (bicyclic) bond motifs is 1. The molecule has 0 bridgehead atoms. The van der Waals surface area contributed by atoms with E-state index in [0.29, 0.717) is 24.3 Å². The Kier molecular flexibility index (Phi) is 6.16. The molecule has 0 spiro atoms. The Hall–Kier alpha value is -3.94. The van der Waals surface area contributed by atoms with Crippen LogP contribution >= 0.6 is 0 Å². The van der Waals surface area contributed by atoms with Crippen molar-refractivity contribution in [3.63, 3.8) is 0 Å². The van der Waals surface area contributed by atoms with Gasteiger partial charge < -0.3 is 15.2 Å². The van der Waals surface area contributed by atoms with Crippen molar-refractivity contribution in [2.45, 2.75) is 53.5 Å². The second-order valence-corrected chi connectivity index (χ2v) is 11.5. The summed E-state index contributed by atoms with van der Waals surface area (Å²) in [6, 6.07) is 13.7. The average Bonchev–Trinajstić information content (AvgIpc) is 3.17. The summed E-state index contributed by atoms with van der Waals surface area (Å²) in [6.45, 7) is 10.1. The van der Waals surface area contributed by atoms with Gasteiger partial charge in [-0.2, -0.15) is 0 Å². The Morgan fingerprint density at radius 1 is 1.03 bits per heavy atom. The number of hydrogen-bond acceptors (Lipinski definition) is 4. The molecule has 38 heavy (non-hydrogen) atoms. The Balaban J connectivity index is 1.42. The van der Waals surface area contributed by atoms with Crippen LogP contribution in [-0.2, 0) is 25.6 Å². The first-order valence-corrected chi connectivity index (χ1v) is 13.0. The zero-order valence-electron chi connectivity index (χ0n) is 22.5. The van der Waals surface area contributed by atoms with Gasteiger partial charge >= 0.3 is 0 Å². The molecular weight excluding hydrogens is 480 g/mol. The maximum Gasteiger partial charge on any atom is 0.257 e. The highest BCUT2D eigenvalue weighted by molar-refractivity contribution is 6.23. The molecule has 2 heterocycles. The number of nitrogens with one attached hydrogen (secondary N) is 2. The summed E-state index contributed by atoms with van der Waals surface area (Å²) in [6.07, 6.45) is 2.45. The fraction of sp³-hybridized carbons (Fsp3) is 0.400. The topological polar surface area (TPSA) is 103 Å². The van der Waals surface area contributed by atoms with Crippen molar-refractivity contribution in [2.75, 3.05) is 16.8 Å². The van der Waals surface area contributed by atoms with Crippen LogP contribution in [0.5, 0.6) is 0 Å². The maximum atomic E-state index is 14.0. The average molecular weight is 515 g/mol. The van der Waals surface area contributed by atoms with Crippen LogP contribution in [0, 0.1) is 16.7 Å².